The SMILES string of the molecule is CC(=O)c1ccc(S(=O)(=O)N2CCN(c3ccc(Br)cc3[N+](=O)[O-])CC2)cc1. The topological polar surface area (TPSA) is 101 Å². The van der Waals surface area contributed by atoms with E-state index in [9.17, 15) is 23.3 Å². The molecule has 0 unspecified atom stereocenters. The van der Waals surface area contributed by atoms with Gasteiger partial charge in [-0.05, 0) is 31.2 Å². The Bertz CT molecular complexity index is 1020. The number of sulfonamides is 1. The third kappa shape index (κ3) is 4.08. The first-order valence-corrected chi connectivity index (χ1v) is 10.7. The van der Waals surface area contributed by atoms with E-state index in [1.807, 2.05) is 4.90 Å². The average Bonchev–Trinajstić information content (AvgIpc) is 2.68. The number of Topliss-reactive ketones (excluding diaryl/α,β-unsaturated/α-hetero) is 1. The second-order valence-corrected chi connectivity index (χ2v) is 9.22. The molecule has 8 nitrogen and oxygen atoms in total. The van der Waals surface area contributed by atoms with E-state index >= 15 is 0 Å². The Labute approximate surface area is 171 Å². The maximum absolute atomic E-state index is 12.8. The van der Waals surface area contributed by atoms with Crippen molar-refractivity contribution in [1.29, 1.82) is 0 Å². The largest absolute Gasteiger partial charge is 0.363 e. The van der Waals surface area contributed by atoms with Gasteiger partial charge in [-0.1, -0.05) is 28.1 Å². The Balaban J connectivity index is 1.76. The summed E-state index contributed by atoms with van der Waals surface area (Å²) in [5.74, 6) is -0.131. The average molecular weight is 468 g/mol. The fraction of sp³-hybridized carbons (Fsp3) is 0.278. The number of hydrogen-bond acceptors (Lipinski definition) is 6. The van der Waals surface area contributed by atoms with Crippen molar-refractivity contribution in [2.75, 3.05) is 31.1 Å². The van der Waals surface area contributed by atoms with Crippen molar-refractivity contribution in [3.63, 3.8) is 0 Å². The third-order valence-corrected chi connectivity index (χ3v) is 7.02. The van der Waals surface area contributed by atoms with Crippen LogP contribution in [-0.2, 0) is 10.0 Å². The second kappa shape index (κ2) is 7.98. The molecule has 0 saturated carbocycles. The lowest BCUT2D eigenvalue weighted by atomic mass is 10.2. The molecule has 0 atom stereocenters. The van der Waals surface area contributed by atoms with Crippen LogP contribution >= 0.6 is 15.9 Å². The molecule has 0 radical (unpaired) electrons. The molecule has 2 aromatic rings. The maximum Gasteiger partial charge on any atom is 0.293 e. The van der Waals surface area contributed by atoms with Gasteiger partial charge in [0.15, 0.2) is 5.78 Å². The number of anilines is 1. The molecule has 10 heteroatoms. The van der Waals surface area contributed by atoms with E-state index in [1.165, 1.54) is 41.6 Å². The summed E-state index contributed by atoms with van der Waals surface area (Å²) in [5.41, 5.74) is 0.896. The van der Waals surface area contributed by atoms with E-state index in [0.717, 1.165) is 0 Å². The number of carbonyl (C=O) groups is 1. The second-order valence-electron chi connectivity index (χ2n) is 6.36. The van der Waals surface area contributed by atoms with Gasteiger partial charge in [0.2, 0.25) is 10.0 Å². The molecular weight excluding hydrogens is 450 g/mol. The predicted molar refractivity (Wildman–Crippen MR) is 108 cm³/mol. The molecule has 0 bridgehead atoms. The minimum absolute atomic E-state index is 0.0227. The fourth-order valence-electron chi connectivity index (χ4n) is 3.09. The number of rotatable bonds is 5. The standard InChI is InChI=1S/C18H18BrN3O5S/c1-13(23)14-2-5-16(6-3-14)28(26,27)21-10-8-20(9-11-21)17-7-4-15(19)12-18(17)22(24)25/h2-7,12H,8-11H2,1H3. The molecule has 0 spiro atoms. The highest BCUT2D eigenvalue weighted by Crippen LogP contribution is 2.32. The van der Waals surface area contributed by atoms with E-state index in [0.29, 0.717) is 28.8 Å². The molecule has 28 heavy (non-hydrogen) atoms. The number of nitro benzene ring substituents is 1. The van der Waals surface area contributed by atoms with E-state index in [4.69, 9.17) is 0 Å². The van der Waals surface area contributed by atoms with Crippen LogP contribution in [0.15, 0.2) is 51.8 Å². The highest BCUT2D eigenvalue weighted by Gasteiger charge is 2.30. The summed E-state index contributed by atoms with van der Waals surface area (Å²) in [7, 11) is -3.69. The van der Waals surface area contributed by atoms with Crippen molar-refractivity contribution in [3.8, 4) is 0 Å². The first-order chi connectivity index (χ1) is 13.2. The van der Waals surface area contributed by atoms with Gasteiger partial charge in [0.1, 0.15) is 5.69 Å². The van der Waals surface area contributed by atoms with E-state index in [-0.39, 0.29) is 29.5 Å². The van der Waals surface area contributed by atoms with Gasteiger partial charge in [-0.2, -0.15) is 4.31 Å². The minimum Gasteiger partial charge on any atom is -0.363 e. The molecule has 1 aliphatic rings. The van der Waals surface area contributed by atoms with Crippen molar-refractivity contribution in [3.05, 3.63) is 62.6 Å². The number of ketones is 1. The van der Waals surface area contributed by atoms with Crippen LogP contribution in [0.2, 0.25) is 0 Å². The number of piperazine rings is 1. The highest BCUT2D eigenvalue weighted by molar-refractivity contribution is 9.10. The molecule has 0 N–H and O–H groups in total. The molecule has 0 aromatic heterocycles. The van der Waals surface area contributed by atoms with Crippen LogP contribution in [0.5, 0.6) is 0 Å². The molecule has 0 amide bonds. The molecule has 1 saturated heterocycles. The van der Waals surface area contributed by atoms with Gasteiger partial charge in [0.25, 0.3) is 5.69 Å². The highest BCUT2D eigenvalue weighted by atomic mass is 79.9. The summed E-state index contributed by atoms with van der Waals surface area (Å²) in [4.78, 5) is 24.2. The number of hydrogen-bond donors (Lipinski definition) is 0. The van der Waals surface area contributed by atoms with Crippen LogP contribution in [0.1, 0.15) is 17.3 Å². The summed E-state index contributed by atoms with van der Waals surface area (Å²) in [6, 6.07) is 10.7. The van der Waals surface area contributed by atoms with Crippen molar-refractivity contribution in [2.24, 2.45) is 0 Å². The van der Waals surface area contributed by atoms with Gasteiger partial charge in [-0.15, -0.1) is 0 Å². The van der Waals surface area contributed by atoms with Gasteiger partial charge in [-0.3, -0.25) is 14.9 Å². The monoisotopic (exact) mass is 467 g/mol. The molecule has 148 valence electrons. The molecule has 2 aromatic carbocycles. The molecule has 1 heterocycles. The Hall–Kier alpha value is -2.30. The molecule has 3 rings (SSSR count). The first kappa shape index (κ1) is 20.4. The smallest absolute Gasteiger partial charge is 0.293 e. The van der Waals surface area contributed by atoms with Gasteiger partial charge < -0.3 is 4.90 Å². The number of nitro groups is 1. The maximum atomic E-state index is 12.8. The zero-order chi connectivity index (χ0) is 20.5. The number of nitrogens with zero attached hydrogens (tertiary/aromatic N) is 3. The Morgan fingerprint density at radius 1 is 1.07 bits per heavy atom. The fourth-order valence-corrected chi connectivity index (χ4v) is 4.86. The molecule has 0 aliphatic carbocycles. The van der Waals surface area contributed by atoms with Crippen LogP contribution in [0.25, 0.3) is 0 Å². The number of halogens is 1. The summed E-state index contributed by atoms with van der Waals surface area (Å²) in [5, 5.41) is 11.3. The summed E-state index contributed by atoms with van der Waals surface area (Å²) >= 11 is 3.23. The van der Waals surface area contributed by atoms with Crippen molar-refractivity contribution in [1.82, 2.24) is 4.31 Å². The zero-order valence-electron chi connectivity index (χ0n) is 15.0. The first-order valence-electron chi connectivity index (χ1n) is 8.50. The van der Waals surface area contributed by atoms with Crippen LogP contribution in [0.4, 0.5) is 11.4 Å². The van der Waals surface area contributed by atoms with E-state index < -0.39 is 14.9 Å². The minimum atomic E-state index is -3.69. The van der Waals surface area contributed by atoms with E-state index in [2.05, 4.69) is 15.9 Å². The molecule has 1 aliphatic heterocycles. The van der Waals surface area contributed by atoms with Gasteiger partial charge >= 0.3 is 0 Å². The van der Waals surface area contributed by atoms with Crippen molar-refractivity contribution in [2.45, 2.75) is 11.8 Å². The van der Waals surface area contributed by atoms with Crippen LogP contribution in [0.3, 0.4) is 0 Å². The van der Waals surface area contributed by atoms with Crippen molar-refractivity contribution >= 4 is 43.1 Å². The summed E-state index contributed by atoms with van der Waals surface area (Å²) in [6.07, 6.45) is 0. The molecular formula is C18H18BrN3O5S. The van der Waals surface area contributed by atoms with Crippen LogP contribution in [0, 0.1) is 10.1 Å². The lowest BCUT2D eigenvalue weighted by molar-refractivity contribution is -0.384. The Kier molecular flexibility index (Phi) is 5.82. The normalized spacial score (nSPS) is 15.4. The third-order valence-electron chi connectivity index (χ3n) is 4.61. The predicted octanol–water partition coefficient (Wildman–Crippen LogP) is 3.07. The summed E-state index contributed by atoms with van der Waals surface area (Å²) < 4.78 is 27.6. The van der Waals surface area contributed by atoms with E-state index in [1.54, 1.807) is 12.1 Å². The van der Waals surface area contributed by atoms with Crippen molar-refractivity contribution < 1.29 is 18.1 Å². The number of carbonyl (C=O) groups excluding carboxylic acids is 1. The lowest BCUT2D eigenvalue weighted by Crippen LogP contribution is -2.48. The van der Waals surface area contributed by atoms with Gasteiger partial charge in [-0.25, -0.2) is 8.42 Å². The van der Waals surface area contributed by atoms with Gasteiger partial charge in [0, 0.05) is 42.3 Å². The Morgan fingerprint density at radius 3 is 2.21 bits per heavy atom. The van der Waals surface area contributed by atoms with Crippen LogP contribution in [-0.4, -0.2) is 49.6 Å². The quantitative estimate of drug-likeness (QED) is 0.380. The van der Waals surface area contributed by atoms with Crippen LogP contribution < -0.4 is 4.90 Å². The Morgan fingerprint density at radius 2 is 1.68 bits per heavy atom. The number of benzene rings is 2. The summed E-state index contributed by atoms with van der Waals surface area (Å²) in [6.45, 7) is 2.53. The van der Waals surface area contributed by atoms with Gasteiger partial charge in [0.05, 0.1) is 9.82 Å². The molecule has 1 fully saturated rings. The lowest BCUT2D eigenvalue weighted by Gasteiger charge is -2.35. The zero-order valence-corrected chi connectivity index (χ0v) is 17.4.